The van der Waals surface area contributed by atoms with E-state index in [2.05, 4.69) is 10.3 Å². The number of carbonyl (C=O) groups is 1. The summed E-state index contributed by atoms with van der Waals surface area (Å²) in [6, 6.07) is 3.39. The van der Waals surface area contributed by atoms with E-state index in [1.54, 1.807) is 12.1 Å². The Kier molecular flexibility index (Phi) is 3.05. The molecule has 2 rings (SSSR count). The number of anilines is 2. The minimum Gasteiger partial charge on any atom is -0.397 e. The van der Waals surface area contributed by atoms with Crippen LogP contribution in [0.25, 0.3) is 0 Å². The van der Waals surface area contributed by atoms with Gasteiger partial charge in [0.1, 0.15) is 5.82 Å². The first kappa shape index (κ1) is 10.9. The molecule has 3 N–H and O–H groups in total. The number of aromatic nitrogens is 1. The fourth-order valence-electron chi connectivity index (χ4n) is 1.77. The SMILES string of the molecule is CC1OCCC1C(=O)Nc1ccc(N)cn1. The molecule has 0 bridgehead atoms. The Bertz CT molecular complexity index is 377. The van der Waals surface area contributed by atoms with Gasteiger partial charge in [-0.15, -0.1) is 0 Å². The third-order valence-corrected chi connectivity index (χ3v) is 2.75. The summed E-state index contributed by atoms with van der Waals surface area (Å²) in [5, 5.41) is 2.76. The van der Waals surface area contributed by atoms with Crippen molar-refractivity contribution in [3.05, 3.63) is 18.3 Å². The van der Waals surface area contributed by atoms with Gasteiger partial charge in [0.15, 0.2) is 0 Å². The first-order valence-electron chi connectivity index (χ1n) is 5.31. The highest BCUT2D eigenvalue weighted by Crippen LogP contribution is 2.21. The second-order valence-electron chi connectivity index (χ2n) is 3.94. The molecular weight excluding hydrogens is 206 g/mol. The van der Waals surface area contributed by atoms with Crippen molar-refractivity contribution >= 4 is 17.4 Å². The molecular formula is C11H15N3O2. The average molecular weight is 221 g/mol. The molecule has 16 heavy (non-hydrogen) atoms. The highest BCUT2D eigenvalue weighted by molar-refractivity contribution is 5.92. The Hall–Kier alpha value is -1.62. The summed E-state index contributed by atoms with van der Waals surface area (Å²) in [7, 11) is 0. The number of amides is 1. The number of hydrogen-bond donors (Lipinski definition) is 2. The van der Waals surface area contributed by atoms with Crippen LogP contribution < -0.4 is 11.1 Å². The Labute approximate surface area is 94.0 Å². The van der Waals surface area contributed by atoms with E-state index in [9.17, 15) is 4.79 Å². The second-order valence-corrected chi connectivity index (χ2v) is 3.94. The van der Waals surface area contributed by atoms with Crippen molar-refractivity contribution in [2.75, 3.05) is 17.7 Å². The van der Waals surface area contributed by atoms with Crippen LogP contribution in [0.5, 0.6) is 0 Å². The van der Waals surface area contributed by atoms with Crippen LogP contribution in [0, 0.1) is 5.92 Å². The second kappa shape index (κ2) is 4.49. The van der Waals surface area contributed by atoms with Gasteiger partial charge >= 0.3 is 0 Å². The number of pyridine rings is 1. The first-order valence-corrected chi connectivity index (χ1v) is 5.31. The lowest BCUT2D eigenvalue weighted by atomic mass is 10.0. The van der Waals surface area contributed by atoms with Gasteiger partial charge in [-0.2, -0.15) is 0 Å². The normalized spacial score (nSPS) is 24.3. The zero-order chi connectivity index (χ0) is 11.5. The maximum absolute atomic E-state index is 11.8. The summed E-state index contributed by atoms with van der Waals surface area (Å²) in [6.07, 6.45) is 2.26. The molecule has 0 radical (unpaired) electrons. The molecule has 0 aromatic carbocycles. The van der Waals surface area contributed by atoms with E-state index in [0.717, 1.165) is 6.42 Å². The molecule has 1 fully saturated rings. The molecule has 1 saturated heterocycles. The van der Waals surface area contributed by atoms with Crippen LogP contribution in [-0.2, 0) is 9.53 Å². The molecule has 2 heterocycles. The number of ether oxygens (including phenoxy) is 1. The topological polar surface area (TPSA) is 77.2 Å². The third-order valence-electron chi connectivity index (χ3n) is 2.75. The maximum Gasteiger partial charge on any atom is 0.231 e. The lowest BCUT2D eigenvalue weighted by Crippen LogP contribution is -2.28. The molecule has 1 aromatic rings. The van der Waals surface area contributed by atoms with E-state index in [4.69, 9.17) is 10.5 Å². The molecule has 0 aliphatic carbocycles. The quantitative estimate of drug-likeness (QED) is 0.781. The monoisotopic (exact) mass is 221 g/mol. The molecule has 0 spiro atoms. The molecule has 1 amide bonds. The van der Waals surface area contributed by atoms with Gasteiger partial charge < -0.3 is 15.8 Å². The van der Waals surface area contributed by atoms with E-state index >= 15 is 0 Å². The number of nitrogens with two attached hydrogens (primary N) is 1. The zero-order valence-corrected chi connectivity index (χ0v) is 9.14. The van der Waals surface area contributed by atoms with Crippen molar-refractivity contribution in [2.45, 2.75) is 19.4 Å². The number of carbonyl (C=O) groups excluding carboxylic acids is 1. The maximum atomic E-state index is 11.8. The number of rotatable bonds is 2. The Morgan fingerprint density at radius 3 is 3.00 bits per heavy atom. The summed E-state index contributed by atoms with van der Waals surface area (Å²) in [6.45, 7) is 2.56. The first-order chi connectivity index (χ1) is 7.66. The van der Waals surface area contributed by atoms with Crippen LogP contribution in [0.3, 0.4) is 0 Å². The highest BCUT2D eigenvalue weighted by Gasteiger charge is 2.30. The van der Waals surface area contributed by atoms with E-state index in [1.165, 1.54) is 6.20 Å². The fourth-order valence-corrected chi connectivity index (χ4v) is 1.77. The zero-order valence-electron chi connectivity index (χ0n) is 9.14. The Morgan fingerprint density at radius 1 is 1.62 bits per heavy atom. The van der Waals surface area contributed by atoms with Crippen molar-refractivity contribution in [2.24, 2.45) is 5.92 Å². The standard InChI is InChI=1S/C11H15N3O2/c1-7-9(4-5-16-7)11(15)14-10-3-2-8(12)6-13-10/h2-3,6-7,9H,4-5,12H2,1H3,(H,13,14,15). The number of nitrogens with one attached hydrogen (secondary N) is 1. The van der Waals surface area contributed by atoms with Gasteiger partial charge in [-0.3, -0.25) is 4.79 Å². The van der Waals surface area contributed by atoms with Crippen LogP contribution in [0.1, 0.15) is 13.3 Å². The van der Waals surface area contributed by atoms with Gasteiger partial charge in [0.05, 0.1) is 23.9 Å². The van der Waals surface area contributed by atoms with E-state index in [1.807, 2.05) is 6.92 Å². The average Bonchev–Trinajstić information content (AvgIpc) is 2.68. The molecule has 5 heteroatoms. The van der Waals surface area contributed by atoms with E-state index in [-0.39, 0.29) is 17.9 Å². The lowest BCUT2D eigenvalue weighted by Gasteiger charge is -2.13. The Balaban J connectivity index is 1.99. The number of hydrogen-bond acceptors (Lipinski definition) is 4. The molecule has 0 saturated carbocycles. The lowest BCUT2D eigenvalue weighted by molar-refractivity contribution is -0.121. The van der Waals surface area contributed by atoms with Crippen LogP contribution in [0.15, 0.2) is 18.3 Å². The van der Waals surface area contributed by atoms with Crippen molar-refractivity contribution in [1.82, 2.24) is 4.98 Å². The van der Waals surface area contributed by atoms with E-state index < -0.39 is 0 Å². The predicted molar refractivity (Wildman–Crippen MR) is 60.8 cm³/mol. The minimum absolute atomic E-state index is 0.0196. The summed E-state index contributed by atoms with van der Waals surface area (Å²) in [4.78, 5) is 15.9. The van der Waals surface area contributed by atoms with Crippen LogP contribution in [0.2, 0.25) is 0 Å². The van der Waals surface area contributed by atoms with Gasteiger partial charge in [0.2, 0.25) is 5.91 Å². The molecule has 86 valence electrons. The van der Waals surface area contributed by atoms with Crippen LogP contribution >= 0.6 is 0 Å². The van der Waals surface area contributed by atoms with Crippen molar-refractivity contribution in [1.29, 1.82) is 0 Å². The fraction of sp³-hybridized carbons (Fsp3) is 0.455. The number of nitrogens with zero attached hydrogens (tertiary/aromatic N) is 1. The van der Waals surface area contributed by atoms with Crippen molar-refractivity contribution < 1.29 is 9.53 Å². The Morgan fingerprint density at radius 2 is 2.44 bits per heavy atom. The van der Waals surface area contributed by atoms with Gasteiger partial charge in [-0.25, -0.2) is 4.98 Å². The summed E-state index contributed by atoms with van der Waals surface area (Å²) >= 11 is 0. The van der Waals surface area contributed by atoms with E-state index in [0.29, 0.717) is 18.1 Å². The van der Waals surface area contributed by atoms with Gasteiger partial charge in [0.25, 0.3) is 0 Å². The van der Waals surface area contributed by atoms with Gasteiger partial charge in [-0.1, -0.05) is 0 Å². The summed E-state index contributed by atoms with van der Waals surface area (Å²) in [5.41, 5.74) is 6.09. The summed E-state index contributed by atoms with van der Waals surface area (Å²) < 4.78 is 5.34. The number of nitrogen functional groups attached to an aromatic ring is 1. The van der Waals surface area contributed by atoms with Crippen molar-refractivity contribution in [3.8, 4) is 0 Å². The molecule has 5 nitrogen and oxygen atoms in total. The molecule has 1 aliphatic rings. The molecule has 2 unspecified atom stereocenters. The van der Waals surface area contributed by atoms with Crippen molar-refractivity contribution in [3.63, 3.8) is 0 Å². The van der Waals surface area contributed by atoms with Crippen LogP contribution in [0.4, 0.5) is 11.5 Å². The molecule has 2 atom stereocenters. The predicted octanol–water partition coefficient (Wildman–Crippen LogP) is 1.03. The van der Waals surface area contributed by atoms with Gasteiger partial charge in [0, 0.05) is 6.61 Å². The molecule has 1 aromatic heterocycles. The highest BCUT2D eigenvalue weighted by atomic mass is 16.5. The van der Waals surface area contributed by atoms with Crippen LogP contribution in [-0.4, -0.2) is 23.6 Å². The third kappa shape index (κ3) is 2.30. The summed E-state index contributed by atoms with van der Waals surface area (Å²) in [5.74, 6) is 0.403. The smallest absolute Gasteiger partial charge is 0.231 e. The van der Waals surface area contributed by atoms with Gasteiger partial charge in [-0.05, 0) is 25.5 Å². The minimum atomic E-state index is -0.0839. The largest absolute Gasteiger partial charge is 0.397 e. The molecule has 1 aliphatic heterocycles.